The second-order valence-corrected chi connectivity index (χ2v) is 6.15. The minimum atomic E-state index is -0.457. The Hall–Kier alpha value is -1.00. The number of nitrogens with two attached hydrogens (primary N) is 1. The maximum atomic E-state index is 11.9. The maximum Gasteiger partial charge on any atom is 0.338 e. The molecular weight excluding hydrogens is 246 g/mol. The van der Waals surface area contributed by atoms with Gasteiger partial charge in [-0.1, -0.05) is 12.1 Å². The molecule has 0 amide bonds. The van der Waals surface area contributed by atoms with E-state index in [-0.39, 0.29) is 5.97 Å². The van der Waals surface area contributed by atoms with Crippen LogP contribution in [0.3, 0.4) is 0 Å². The predicted octanol–water partition coefficient (Wildman–Crippen LogP) is 2.83. The fourth-order valence-corrected chi connectivity index (χ4v) is 2.12. The van der Waals surface area contributed by atoms with E-state index in [4.69, 9.17) is 10.5 Å². The molecule has 0 saturated heterocycles. The van der Waals surface area contributed by atoms with Gasteiger partial charge in [0.1, 0.15) is 5.60 Å². The first-order valence-corrected chi connectivity index (χ1v) is 7.18. The third-order valence-corrected chi connectivity index (χ3v) is 3.15. The van der Waals surface area contributed by atoms with Crippen molar-refractivity contribution < 1.29 is 9.53 Å². The summed E-state index contributed by atoms with van der Waals surface area (Å²) in [6.45, 7) is 6.28. The molecule has 0 unspecified atom stereocenters. The van der Waals surface area contributed by atoms with Gasteiger partial charge in [-0.05, 0) is 38.5 Å². The largest absolute Gasteiger partial charge is 0.456 e. The van der Waals surface area contributed by atoms with Crippen LogP contribution in [0.1, 0.15) is 36.7 Å². The zero-order chi connectivity index (χ0) is 13.6. The Labute approximate surface area is 113 Å². The van der Waals surface area contributed by atoms with Crippen LogP contribution in [0, 0.1) is 0 Å². The van der Waals surface area contributed by atoms with Gasteiger partial charge >= 0.3 is 5.97 Å². The Morgan fingerprint density at radius 1 is 1.39 bits per heavy atom. The van der Waals surface area contributed by atoms with Gasteiger partial charge in [0, 0.05) is 18.1 Å². The molecule has 0 heterocycles. The first-order valence-electron chi connectivity index (χ1n) is 6.02. The normalized spacial score (nSPS) is 11.3. The number of rotatable bonds is 5. The summed E-state index contributed by atoms with van der Waals surface area (Å²) in [5, 5.41) is 0. The molecule has 2 N–H and O–H groups in total. The molecule has 0 aromatic heterocycles. The third-order valence-electron chi connectivity index (χ3n) is 2.09. The fraction of sp³-hybridized carbons (Fsp3) is 0.500. The van der Waals surface area contributed by atoms with Crippen LogP contribution in [0.15, 0.2) is 24.3 Å². The number of thioether (sulfide) groups is 1. The summed E-state index contributed by atoms with van der Waals surface area (Å²) >= 11 is 1.76. The summed E-state index contributed by atoms with van der Waals surface area (Å²) in [4.78, 5) is 11.9. The van der Waals surface area contributed by atoms with Gasteiger partial charge in [0.2, 0.25) is 0 Å². The third kappa shape index (κ3) is 5.56. The lowest BCUT2D eigenvalue weighted by Gasteiger charge is -2.19. The Bertz CT molecular complexity index is 399. The van der Waals surface area contributed by atoms with Crippen molar-refractivity contribution in [3.05, 3.63) is 35.4 Å². The summed E-state index contributed by atoms with van der Waals surface area (Å²) in [6, 6.07) is 7.57. The quantitative estimate of drug-likeness (QED) is 0.658. The van der Waals surface area contributed by atoms with Gasteiger partial charge in [-0.25, -0.2) is 4.79 Å². The molecule has 0 aliphatic rings. The minimum absolute atomic E-state index is 0.270. The maximum absolute atomic E-state index is 11.9. The smallest absolute Gasteiger partial charge is 0.338 e. The fourth-order valence-electron chi connectivity index (χ4n) is 1.40. The zero-order valence-corrected chi connectivity index (χ0v) is 12.0. The summed E-state index contributed by atoms with van der Waals surface area (Å²) in [7, 11) is 0. The van der Waals surface area contributed by atoms with Gasteiger partial charge in [-0.3, -0.25) is 0 Å². The molecule has 0 saturated carbocycles. The predicted molar refractivity (Wildman–Crippen MR) is 76.8 cm³/mol. The minimum Gasteiger partial charge on any atom is -0.456 e. The van der Waals surface area contributed by atoms with Gasteiger partial charge in [-0.2, -0.15) is 11.8 Å². The molecule has 3 nitrogen and oxygen atoms in total. The summed E-state index contributed by atoms with van der Waals surface area (Å²) < 4.78 is 5.34. The molecule has 100 valence electrons. The van der Waals surface area contributed by atoms with E-state index in [9.17, 15) is 4.79 Å². The van der Waals surface area contributed by atoms with E-state index in [1.54, 1.807) is 17.8 Å². The van der Waals surface area contributed by atoms with Crippen molar-refractivity contribution >= 4 is 17.7 Å². The van der Waals surface area contributed by atoms with Crippen LogP contribution in [0.25, 0.3) is 0 Å². The molecule has 0 radical (unpaired) electrons. The average molecular weight is 267 g/mol. The SMILES string of the molecule is CC(C)(C)OC(=O)c1cccc(CSCCN)c1. The van der Waals surface area contributed by atoms with Crippen LogP contribution in [-0.4, -0.2) is 23.9 Å². The highest BCUT2D eigenvalue weighted by molar-refractivity contribution is 7.98. The van der Waals surface area contributed by atoms with Crippen molar-refractivity contribution in [3.8, 4) is 0 Å². The van der Waals surface area contributed by atoms with E-state index in [1.807, 2.05) is 39.0 Å². The van der Waals surface area contributed by atoms with Crippen molar-refractivity contribution in [1.82, 2.24) is 0 Å². The second kappa shape index (κ2) is 6.81. The molecule has 0 aliphatic carbocycles. The average Bonchev–Trinajstić information content (AvgIpc) is 2.27. The van der Waals surface area contributed by atoms with Crippen molar-refractivity contribution in [3.63, 3.8) is 0 Å². The Balaban J connectivity index is 2.66. The van der Waals surface area contributed by atoms with Crippen molar-refractivity contribution in [2.75, 3.05) is 12.3 Å². The molecule has 0 bridgehead atoms. The molecule has 1 aromatic carbocycles. The molecular formula is C14H21NO2S. The summed E-state index contributed by atoms with van der Waals surface area (Å²) in [6.07, 6.45) is 0. The number of esters is 1. The molecule has 0 atom stereocenters. The van der Waals surface area contributed by atoms with Crippen LogP contribution < -0.4 is 5.73 Å². The number of carbonyl (C=O) groups is 1. The van der Waals surface area contributed by atoms with Crippen LogP contribution >= 0.6 is 11.8 Å². The Morgan fingerprint density at radius 3 is 2.72 bits per heavy atom. The van der Waals surface area contributed by atoms with Crippen LogP contribution in [-0.2, 0) is 10.5 Å². The molecule has 1 rings (SSSR count). The van der Waals surface area contributed by atoms with E-state index in [1.165, 1.54) is 0 Å². The number of hydrogen-bond acceptors (Lipinski definition) is 4. The van der Waals surface area contributed by atoms with Gasteiger partial charge in [-0.15, -0.1) is 0 Å². The van der Waals surface area contributed by atoms with Gasteiger partial charge in [0.15, 0.2) is 0 Å². The first-order chi connectivity index (χ1) is 8.42. The van der Waals surface area contributed by atoms with Crippen LogP contribution in [0.4, 0.5) is 0 Å². The highest BCUT2D eigenvalue weighted by Gasteiger charge is 2.17. The topological polar surface area (TPSA) is 52.3 Å². The molecule has 0 spiro atoms. The standard InChI is InChI=1S/C14H21NO2S/c1-14(2,3)17-13(16)12-6-4-5-11(9-12)10-18-8-7-15/h4-6,9H,7-8,10,15H2,1-3H3. The van der Waals surface area contributed by atoms with E-state index in [0.29, 0.717) is 12.1 Å². The van der Waals surface area contributed by atoms with Gasteiger partial charge < -0.3 is 10.5 Å². The number of benzene rings is 1. The van der Waals surface area contributed by atoms with E-state index in [2.05, 4.69) is 0 Å². The molecule has 4 heteroatoms. The summed E-state index contributed by atoms with van der Waals surface area (Å²) in [5.74, 6) is 1.53. The van der Waals surface area contributed by atoms with Crippen LogP contribution in [0.5, 0.6) is 0 Å². The van der Waals surface area contributed by atoms with Crippen LogP contribution in [0.2, 0.25) is 0 Å². The highest BCUT2D eigenvalue weighted by Crippen LogP contribution is 2.16. The monoisotopic (exact) mass is 267 g/mol. The van der Waals surface area contributed by atoms with E-state index in [0.717, 1.165) is 17.1 Å². The summed E-state index contributed by atoms with van der Waals surface area (Å²) in [5.41, 5.74) is 6.72. The van der Waals surface area contributed by atoms with Crippen molar-refractivity contribution in [2.45, 2.75) is 32.1 Å². The van der Waals surface area contributed by atoms with Gasteiger partial charge in [0.05, 0.1) is 5.56 Å². The molecule has 18 heavy (non-hydrogen) atoms. The highest BCUT2D eigenvalue weighted by atomic mass is 32.2. The lowest BCUT2D eigenvalue weighted by atomic mass is 10.1. The first kappa shape index (κ1) is 15.1. The van der Waals surface area contributed by atoms with Crippen molar-refractivity contribution in [2.24, 2.45) is 5.73 Å². The number of hydrogen-bond donors (Lipinski definition) is 1. The lowest BCUT2D eigenvalue weighted by molar-refractivity contribution is 0.00694. The van der Waals surface area contributed by atoms with Crippen molar-refractivity contribution in [1.29, 1.82) is 0 Å². The van der Waals surface area contributed by atoms with E-state index < -0.39 is 5.60 Å². The zero-order valence-electron chi connectivity index (χ0n) is 11.2. The Kier molecular flexibility index (Phi) is 5.69. The number of carbonyl (C=O) groups excluding carboxylic acids is 1. The molecule has 0 fully saturated rings. The second-order valence-electron chi connectivity index (χ2n) is 5.04. The molecule has 1 aromatic rings. The number of ether oxygens (including phenoxy) is 1. The Morgan fingerprint density at radius 2 is 2.11 bits per heavy atom. The molecule has 0 aliphatic heterocycles. The van der Waals surface area contributed by atoms with Gasteiger partial charge in [0.25, 0.3) is 0 Å². The van der Waals surface area contributed by atoms with E-state index >= 15 is 0 Å². The lowest BCUT2D eigenvalue weighted by Crippen LogP contribution is -2.23.